The number of pyridine rings is 1. The van der Waals surface area contributed by atoms with Crippen molar-refractivity contribution >= 4 is 35.2 Å². The number of aryl methyl sites for hydroxylation is 1. The van der Waals surface area contributed by atoms with Gasteiger partial charge in [-0.15, -0.1) is 11.8 Å². The summed E-state index contributed by atoms with van der Waals surface area (Å²) in [6.45, 7) is 2.32. The summed E-state index contributed by atoms with van der Waals surface area (Å²) in [7, 11) is 0. The Labute approximate surface area is 168 Å². The Kier molecular flexibility index (Phi) is 8.94. The van der Waals surface area contributed by atoms with Gasteiger partial charge in [0, 0.05) is 23.4 Å². The molecule has 0 radical (unpaired) electrons. The number of halogens is 1. The lowest BCUT2D eigenvalue weighted by molar-refractivity contribution is -0.127. The number of carbonyl (C=O) groups is 2. The molecule has 1 aromatic heterocycles. The maximum atomic E-state index is 11.8. The number of nitrogens with one attached hydrogen (secondary N) is 2. The molecular weight excluding hydrogens is 386 g/mol. The second-order valence-corrected chi connectivity index (χ2v) is 7.19. The van der Waals surface area contributed by atoms with E-state index in [0.717, 1.165) is 17.0 Å². The summed E-state index contributed by atoms with van der Waals surface area (Å²) in [5.74, 6) is 1.13. The minimum atomic E-state index is -0.255. The summed E-state index contributed by atoms with van der Waals surface area (Å²) in [6.07, 6.45) is 2.51. The van der Waals surface area contributed by atoms with E-state index in [1.54, 1.807) is 18.3 Å². The highest BCUT2D eigenvalue weighted by Gasteiger charge is 2.06. The Morgan fingerprint density at radius 1 is 1.19 bits per heavy atom. The van der Waals surface area contributed by atoms with Gasteiger partial charge in [-0.1, -0.05) is 17.7 Å². The van der Waals surface area contributed by atoms with Crippen molar-refractivity contribution in [3.05, 3.63) is 58.9 Å². The van der Waals surface area contributed by atoms with Crippen LogP contribution in [-0.2, 0) is 15.3 Å². The van der Waals surface area contributed by atoms with Gasteiger partial charge in [0.1, 0.15) is 5.75 Å². The van der Waals surface area contributed by atoms with Gasteiger partial charge in [0.05, 0.1) is 18.1 Å². The van der Waals surface area contributed by atoms with Crippen molar-refractivity contribution in [2.45, 2.75) is 25.5 Å². The van der Waals surface area contributed by atoms with E-state index < -0.39 is 0 Å². The number of thioether (sulfide) groups is 1. The molecule has 2 rings (SSSR count). The molecule has 0 aliphatic carbocycles. The van der Waals surface area contributed by atoms with Gasteiger partial charge in [0.15, 0.2) is 0 Å². The van der Waals surface area contributed by atoms with Crippen molar-refractivity contribution in [2.24, 2.45) is 0 Å². The fourth-order valence-corrected chi connectivity index (χ4v) is 3.13. The Morgan fingerprint density at radius 2 is 2.00 bits per heavy atom. The van der Waals surface area contributed by atoms with Crippen molar-refractivity contribution in [3.8, 4) is 5.75 Å². The van der Waals surface area contributed by atoms with E-state index in [0.29, 0.717) is 23.8 Å². The summed E-state index contributed by atoms with van der Waals surface area (Å²) >= 11 is 7.33. The molecule has 0 bridgehead atoms. The fraction of sp³-hybridized carbons (Fsp3) is 0.316. The van der Waals surface area contributed by atoms with Crippen LogP contribution in [0.4, 0.5) is 0 Å². The van der Waals surface area contributed by atoms with Gasteiger partial charge in [-0.3, -0.25) is 25.4 Å². The second-order valence-electron chi connectivity index (χ2n) is 5.77. The lowest BCUT2D eigenvalue weighted by atomic mass is 10.2. The monoisotopic (exact) mass is 407 g/mol. The average Bonchev–Trinajstić information content (AvgIpc) is 2.66. The number of ether oxygens (including phenoxy) is 1. The highest BCUT2D eigenvalue weighted by molar-refractivity contribution is 7.99. The summed E-state index contributed by atoms with van der Waals surface area (Å²) in [6, 6.07) is 11.0. The fourth-order valence-electron chi connectivity index (χ4n) is 2.16. The molecule has 1 aromatic carbocycles. The maximum absolute atomic E-state index is 11.8. The van der Waals surface area contributed by atoms with Crippen LogP contribution >= 0.6 is 23.4 Å². The summed E-state index contributed by atoms with van der Waals surface area (Å²) in [4.78, 5) is 27.6. The van der Waals surface area contributed by atoms with Crippen LogP contribution < -0.4 is 15.6 Å². The van der Waals surface area contributed by atoms with Crippen LogP contribution in [0.15, 0.2) is 42.6 Å². The first kappa shape index (κ1) is 21.1. The minimum absolute atomic E-state index is 0.246. The number of amides is 2. The molecule has 0 saturated heterocycles. The van der Waals surface area contributed by atoms with Crippen LogP contribution in [0, 0.1) is 6.92 Å². The van der Waals surface area contributed by atoms with Crippen molar-refractivity contribution < 1.29 is 14.3 Å². The second kappa shape index (κ2) is 11.5. The molecule has 2 aromatic rings. The Bertz CT molecular complexity index is 759. The Hall–Kier alpha value is -2.25. The first-order chi connectivity index (χ1) is 13.0. The van der Waals surface area contributed by atoms with Crippen LogP contribution in [0.2, 0.25) is 5.02 Å². The zero-order chi connectivity index (χ0) is 19.5. The van der Waals surface area contributed by atoms with E-state index >= 15 is 0 Å². The van der Waals surface area contributed by atoms with E-state index in [9.17, 15) is 9.59 Å². The van der Waals surface area contributed by atoms with Crippen LogP contribution in [0.3, 0.4) is 0 Å². The standard InChI is InChI=1S/C19H22ClN3O3S/c1-14-11-15(20)7-8-17(14)26-10-4-6-18(24)22-23-19(25)13-27-12-16-5-2-3-9-21-16/h2-3,5,7-9,11H,4,6,10,12-13H2,1H3,(H,22,24)(H,23,25). The molecule has 8 heteroatoms. The van der Waals surface area contributed by atoms with Crippen molar-refractivity contribution in [1.82, 2.24) is 15.8 Å². The predicted octanol–water partition coefficient (Wildman–Crippen LogP) is 3.28. The largest absolute Gasteiger partial charge is 0.493 e. The van der Waals surface area contributed by atoms with E-state index in [4.69, 9.17) is 16.3 Å². The predicted molar refractivity (Wildman–Crippen MR) is 108 cm³/mol. The van der Waals surface area contributed by atoms with Gasteiger partial charge in [-0.05, 0) is 49.2 Å². The molecule has 0 aliphatic rings. The number of hydrazine groups is 1. The molecule has 0 fully saturated rings. The molecule has 2 amide bonds. The molecule has 0 atom stereocenters. The lowest BCUT2D eigenvalue weighted by Gasteiger charge is -2.10. The molecule has 6 nitrogen and oxygen atoms in total. The molecule has 0 saturated carbocycles. The van der Waals surface area contributed by atoms with E-state index in [1.807, 2.05) is 31.2 Å². The SMILES string of the molecule is Cc1cc(Cl)ccc1OCCCC(=O)NNC(=O)CSCc1ccccn1. The van der Waals surface area contributed by atoms with Gasteiger partial charge in [0.25, 0.3) is 0 Å². The molecule has 1 heterocycles. The van der Waals surface area contributed by atoms with Crippen LogP contribution in [-0.4, -0.2) is 29.2 Å². The number of rotatable bonds is 9. The zero-order valence-corrected chi connectivity index (χ0v) is 16.6. The quantitative estimate of drug-likeness (QED) is 0.492. The number of nitrogens with zero attached hydrogens (tertiary/aromatic N) is 1. The van der Waals surface area contributed by atoms with Gasteiger partial charge in [-0.25, -0.2) is 0 Å². The van der Waals surface area contributed by atoms with Gasteiger partial charge >= 0.3 is 0 Å². The number of hydrogen-bond acceptors (Lipinski definition) is 5. The lowest BCUT2D eigenvalue weighted by Crippen LogP contribution is -2.42. The van der Waals surface area contributed by atoms with Gasteiger partial charge < -0.3 is 4.74 Å². The highest BCUT2D eigenvalue weighted by atomic mass is 35.5. The number of benzene rings is 1. The maximum Gasteiger partial charge on any atom is 0.248 e. The summed E-state index contributed by atoms with van der Waals surface area (Å²) in [5, 5.41) is 0.660. The molecule has 2 N–H and O–H groups in total. The smallest absolute Gasteiger partial charge is 0.248 e. The minimum Gasteiger partial charge on any atom is -0.493 e. The van der Waals surface area contributed by atoms with E-state index in [2.05, 4.69) is 15.8 Å². The topological polar surface area (TPSA) is 80.3 Å². The summed E-state index contributed by atoms with van der Waals surface area (Å²) in [5.41, 5.74) is 6.67. The molecule has 144 valence electrons. The van der Waals surface area contributed by atoms with Crippen molar-refractivity contribution in [2.75, 3.05) is 12.4 Å². The molecule has 27 heavy (non-hydrogen) atoms. The Morgan fingerprint density at radius 3 is 2.74 bits per heavy atom. The van der Waals surface area contributed by atoms with Crippen LogP contribution in [0.5, 0.6) is 5.75 Å². The van der Waals surface area contributed by atoms with Crippen LogP contribution in [0.1, 0.15) is 24.1 Å². The van der Waals surface area contributed by atoms with Gasteiger partial charge in [0.2, 0.25) is 11.8 Å². The highest BCUT2D eigenvalue weighted by Crippen LogP contribution is 2.21. The third kappa shape index (κ3) is 8.32. The normalized spacial score (nSPS) is 10.3. The molecular formula is C19H22ClN3O3S. The van der Waals surface area contributed by atoms with Crippen molar-refractivity contribution in [3.63, 3.8) is 0 Å². The third-order valence-electron chi connectivity index (χ3n) is 3.49. The number of carbonyl (C=O) groups excluding carboxylic acids is 2. The first-order valence-electron chi connectivity index (χ1n) is 8.49. The average molecular weight is 408 g/mol. The number of aromatic nitrogens is 1. The van der Waals surface area contributed by atoms with E-state index in [1.165, 1.54) is 11.8 Å². The molecule has 0 aliphatic heterocycles. The summed E-state index contributed by atoms with van der Waals surface area (Å²) < 4.78 is 5.63. The van der Waals surface area contributed by atoms with E-state index in [-0.39, 0.29) is 24.0 Å². The molecule has 0 unspecified atom stereocenters. The number of hydrogen-bond donors (Lipinski definition) is 2. The first-order valence-corrected chi connectivity index (χ1v) is 10.0. The zero-order valence-electron chi connectivity index (χ0n) is 15.0. The van der Waals surface area contributed by atoms with Gasteiger partial charge in [-0.2, -0.15) is 0 Å². The van der Waals surface area contributed by atoms with Crippen LogP contribution in [0.25, 0.3) is 0 Å². The third-order valence-corrected chi connectivity index (χ3v) is 4.69. The van der Waals surface area contributed by atoms with Crippen molar-refractivity contribution in [1.29, 1.82) is 0 Å². The Balaban J connectivity index is 1.54. The molecule has 0 spiro atoms.